The molecule has 3 N–H and O–H groups in total. The van der Waals surface area contributed by atoms with Gasteiger partial charge in [0.05, 0.1) is 5.75 Å². The van der Waals surface area contributed by atoms with E-state index in [4.69, 9.17) is 9.66 Å². The molecule has 6 heteroatoms. The third kappa shape index (κ3) is 3.48. The van der Waals surface area contributed by atoms with Crippen molar-refractivity contribution in [3.8, 4) is 0 Å². The van der Waals surface area contributed by atoms with E-state index in [1.54, 1.807) is 0 Å². The SMILES string of the molecule is O=S(=O)(O)CCC1CCC(O)N1. The highest BCUT2D eigenvalue weighted by Gasteiger charge is 2.22. The summed E-state index contributed by atoms with van der Waals surface area (Å²) in [5.74, 6) is -0.239. The summed E-state index contributed by atoms with van der Waals surface area (Å²) in [6.45, 7) is 0. The van der Waals surface area contributed by atoms with Gasteiger partial charge in [0.25, 0.3) is 10.1 Å². The van der Waals surface area contributed by atoms with Crippen LogP contribution in [-0.4, -0.2) is 36.1 Å². The monoisotopic (exact) mass is 195 g/mol. The third-order valence-corrected chi connectivity index (χ3v) is 2.69. The lowest BCUT2D eigenvalue weighted by Crippen LogP contribution is -2.30. The zero-order valence-corrected chi connectivity index (χ0v) is 7.42. The molecule has 0 saturated carbocycles. The van der Waals surface area contributed by atoms with Gasteiger partial charge in [0, 0.05) is 6.04 Å². The summed E-state index contributed by atoms with van der Waals surface area (Å²) in [7, 11) is -3.85. The van der Waals surface area contributed by atoms with Crippen LogP contribution in [0, 0.1) is 0 Å². The molecule has 5 nitrogen and oxygen atoms in total. The van der Waals surface area contributed by atoms with Gasteiger partial charge in [0.1, 0.15) is 6.23 Å². The molecule has 0 amide bonds. The first kappa shape index (κ1) is 9.91. The van der Waals surface area contributed by atoms with Crippen molar-refractivity contribution in [2.75, 3.05) is 5.75 Å². The molecule has 0 aromatic rings. The summed E-state index contributed by atoms with van der Waals surface area (Å²) < 4.78 is 29.1. The Morgan fingerprint density at radius 2 is 2.08 bits per heavy atom. The van der Waals surface area contributed by atoms with Gasteiger partial charge in [-0.15, -0.1) is 0 Å². The molecule has 0 spiro atoms. The summed E-state index contributed by atoms with van der Waals surface area (Å²) in [6.07, 6.45) is 1.25. The van der Waals surface area contributed by atoms with Crippen molar-refractivity contribution in [1.82, 2.24) is 5.32 Å². The Balaban J connectivity index is 2.25. The van der Waals surface area contributed by atoms with Crippen molar-refractivity contribution in [2.24, 2.45) is 0 Å². The van der Waals surface area contributed by atoms with Crippen LogP contribution >= 0.6 is 0 Å². The quantitative estimate of drug-likeness (QED) is 0.520. The van der Waals surface area contributed by atoms with Crippen LogP contribution in [0.4, 0.5) is 0 Å². The molecule has 1 rings (SSSR count). The van der Waals surface area contributed by atoms with E-state index in [0.717, 1.165) is 6.42 Å². The number of hydrogen-bond donors (Lipinski definition) is 3. The van der Waals surface area contributed by atoms with Gasteiger partial charge in [0.2, 0.25) is 0 Å². The first-order valence-electron chi connectivity index (χ1n) is 3.86. The molecular formula is C6H13NO4S. The highest BCUT2D eigenvalue weighted by atomic mass is 32.2. The normalized spacial score (nSPS) is 30.8. The largest absolute Gasteiger partial charge is 0.379 e. The second-order valence-electron chi connectivity index (χ2n) is 3.03. The van der Waals surface area contributed by atoms with E-state index in [2.05, 4.69) is 5.32 Å². The van der Waals surface area contributed by atoms with E-state index < -0.39 is 16.3 Å². The first-order valence-corrected chi connectivity index (χ1v) is 5.47. The van der Waals surface area contributed by atoms with E-state index >= 15 is 0 Å². The van der Waals surface area contributed by atoms with Crippen LogP contribution in [0.3, 0.4) is 0 Å². The van der Waals surface area contributed by atoms with E-state index in [1.165, 1.54) is 0 Å². The van der Waals surface area contributed by atoms with Crippen LogP contribution in [0.1, 0.15) is 19.3 Å². The van der Waals surface area contributed by atoms with Gasteiger partial charge in [-0.05, 0) is 19.3 Å². The number of nitrogens with one attached hydrogen (secondary N) is 1. The van der Waals surface area contributed by atoms with E-state index in [-0.39, 0.29) is 11.8 Å². The Labute approximate surface area is 71.5 Å². The second-order valence-corrected chi connectivity index (χ2v) is 4.60. The smallest absolute Gasteiger partial charge is 0.264 e. The minimum atomic E-state index is -3.85. The van der Waals surface area contributed by atoms with Gasteiger partial charge in [-0.25, -0.2) is 0 Å². The molecule has 0 bridgehead atoms. The van der Waals surface area contributed by atoms with E-state index in [0.29, 0.717) is 12.8 Å². The zero-order chi connectivity index (χ0) is 9.19. The van der Waals surface area contributed by atoms with Crippen LogP contribution in [0.25, 0.3) is 0 Å². The molecule has 2 atom stereocenters. The van der Waals surface area contributed by atoms with E-state index in [9.17, 15) is 8.42 Å². The summed E-state index contributed by atoms with van der Waals surface area (Å²) >= 11 is 0. The molecule has 1 saturated heterocycles. The number of rotatable bonds is 3. The fourth-order valence-electron chi connectivity index (χ4n) is 1.32. The van der Waals surface area contributed by atoms with E-state index in [1.807, 2.05) is 0 Å². The lowest BCUT2D eigenvalue weighted by Gasteiger charge is -2.08. The minimum absolute atomic E-state index is 0.0157. The second kappa shape index (κ2) is 3.69. The minimum Gasteiger partial charge on any atom is -0.379 e. The molecule has 0 radical (unpaired) electrons. The van der Waals surface area contributed by atoms with Gasteiger partial charge in [-0.3, -0.25) is 9.87 Å². The maximum Gasteiger partial charge on any atom is 0.264 e. The standard InChI is InChI=1S/C6H13NO4S/c8-6-2-1-5(7-6)3-4-12(9,10)11/h5-8H,1-4H2,(H,9,10,11). The van der Waals surface area contributed by atoms with Crippen molar-refractivity contribution < 1.29 is 18.1 Å². The van der Waals surface area contributed by atoms with Crippen LogP contribution in [0.2, 0.25) is 0 Å². The van der Waals surface area contributed by atoms with Crippen LogP contribution in [-0.2, 0) is 10.1 Å². The Kier molecular flexibility index (Phi) is 3.05. The molecular weight excluding hydrogens is 182 g/mol. The van der Waals surface area contributed by atoms with Crippen LogP contribution < -0.4 is 5.32 Å². The average Bonchev–Trinajstić information content (AvgIpc) is 2.30. The average molecular weight is 195 g/mol. The van der Waals surface area contributed by atoms with Gasteiger partial charge in [0.15, 0.2) is 0 Å². The number of hydrogen-bond acceptors (Lipinski definition) is 4. The van der Waals surface area contributed by atoms with Crippen molar-refractivity contribution in [3.63, 3.8) is 0 Å². The number of aliphatic hydroxyl groups is 1. The zero-order valence-electron chi connectivity index (χ0n) is 6.60. The molecule has 1 aliphatic heterocycles. The molecule has 0 aromatic heterocycles. The Morgan fingerprint density at radius 1 is 1.42 bits per heavy atom. The van der Waals surface area contributed by atoms with Crippen molar-refractivity contribution in [2.45, 2.75) is 31.5 Å². The fraction of sp³-hybridized carbons (Fsp3) is 1.00. The van der Waals surface area contributed by atoms with Crippen molar-refractivity contribution >= 4 is 10.1 Å². The van der Waals surface area contributed by atoms with Gasteiger partial charge < -0.3 is 5.11 Å². The summed E-state index contributed by atoms with van der Waals surface area (Å²) in [4.78, 5) is 0. The number of aliphatic hydroxyl groups excluding tert-OH is 1. The topological polar surface area (TPSA) is 86.6 Å². The van der Waals surface area contributed by atoms with Crippen LogP contribution in [0.5, 0.6) is 0 Å². The molecule has 12 heavy (non-hydrogen) atoms. The molecule has 1 fully saturated rings. The van der Waals surface area contributed by atoms with Gasteiger partial charge in [-0.1, -0.05) is 0 Å². The Morgan fingerprint density at radius 3 is 2.50 bits per heavy atom. The molecule has 1 aliphatic rings. The van der Waals surface area contributed by atoms with Gasteiger partial charge >= 0.3 is 0 Å². The van der Waals surface area contributed by atoms with Crippen LogP contribution in [0.15, 0.2) is 0 Å². The maximum absolute atomic E-state index is 10.3. The first-order chi connectivity index (χ1) is 5.47. The van der Waals surface area contributed by atoms with Crippen molar-refractivity contribution in [3.05, 3.63) is 0 Å². The third-order valence-electron chi connectivity index (χ3n) is 1.94. The molecule has 2 unspecified atom stereocenters. The Bertz CT molecular complexity index is 238. The lowest BCUT2D eigenvalue weighted by molar-refractivity contribution is 0.154. The molecule has 0 aliphatic carbocycles. The van der Waals surface area contributed by atoms with Crippen molar-refractivity contribution in [1.29, 1.82) is 0 Å². The predicted molar refractivity (Wildman–Crippen MR) is 43.2 cm³/mol. The molecule has 0 aromatic carbocycles. The maximum atomic E-state index is 10.3. The highest BCUT2D eigenvalue weighted by molar-refractivity contribution is 7.85. The summed E-state index contributed by atoms with van der Waals surface area (Å²) in [5, 5.41) is 11.8. The molecule has 72 valence electrons. The predicted octanol–water partition coefficient (Wildman–Crippen LogP) is -0.665. The fourth-order valence-corrected chi connectivity index (χ4v) is 1.90. The van der Waals surface area contributed by atoms with Gasteiger partial charge in [-0.2, -0.15) is 8.42 Å². The summed E-state index contributed by atoms with van der Waals surface area (Å²) in [6, 6.07) is 0.0157. The summed E-state index contributed by atoms with van der Waals surface area (Å²) in [5.41, 5.74) is 0. The molecule has 1 heterocycles. The Hall–Kier alpha value is -0.170. The highest BCUT2D eigenvalue weighted by Crippen LogP contribution is 2.13. The lowest BCUT2D eigenvalue weighted by atomic mass is 10.2.